The molecule has 10 heteroatoms. The van der Waals surface area contributed by atoms with Crippen LogP contribution in [0.15, 0.2) is 32.4 Å². The summed E-state index contributed by atoms with van der Waals surface area (Å²) in [5, 5.41) is 8.88. The van der Waals surface area contributed by atoms with Crippen molar-refractivity contribution >= 4 is 28.1 Å². The molecule has 0 radical (unpaired) electrons. The van der Waals surface area contributed by atoms with E-state index in [0.717, 1.165) is 6.42 Å². The van der Waals surface area contributed by atoms with Gasteiger partial charge in [0.15, 0.2) is 10.1 Å². The van der Waals surface area contributed by atoms with Crippen molar-refractivity contribution in [1.29, 1.82) is 0 Å². The molecule has 3 rings (SSSR count). The van der Waals surface area contributed by atoms with Crippen LogP contribution in [-0.4, -0.2) is 37.9 Å². The Kier molecular flexibility index (Phi) is 4.94. The molecule has 3 aromatic rings. The molecule has 0 saturated heterocycles. The van der Waals surface area contributed by atoms with E-state index in [4.69, 9.17) is 4.74 Å². The van der Waals surface area contributed by atoms with Gasteiger partial charge in [0.25, 0.3) is 5.56 Å². The lowest BCUT2D eigenvalue weighted by Gasteiger charge is -2.05. The second-order valence-electron chi connectivity index (χ2n) is 4.74. The number of nitrogens with zero attached hydrogens (tertiary/aromatic N) is 4. The van der Waals surface area contributed by atoms with E-state index in [2.05, 4.69) is 15.2 Å². The standard InChI is InChI=1S/C13H15N5O3S2/c1-21-5-2-3-18-11(20)15-16-13(18)23-8-9-7-10(19)17-4-6-22-12(17)14-9/h4,6-7H,2-3,5,8H2,1H3,(H,15,20). The van der Waals surface area contributed by atoms with Gasteiger partial charge >= 0.3 is 5.69 Å². The summed E-state index contributed by atoms with van der Waals surface area (Å²) in [4.78, 5) is 28.8. The first-order valence-corrected chi connectivity index (χ1v) is 8.78. The second kappa shape index (κ2) is 7.11. The number of nitrogens with one attached hydrogen (secondary N) is 1. The van der Waals surface area contributed by atoms with Gasteiger partial charge in [-0.05, 0) is 6.42 Å². The molecular formula is C13H15N5O3S2. The van der Waals surface area contributed by atoms with E-state index in [1.54, 1.807) is 17.9 Å². The maximum atomic E-state index is 11.9. The average Bonchev–Trinajstić information content (AvgIpc) is 3.13. The van der Waals surface area contributed by atoms with E-state index in [-0.39, 0.29) is 11.2 Å². The molecule has 0 unspecified atom stereocenters. The second-order valence-corrected chi connectivity index (χ2v) is 6.55. The number of rotatable bonds is 7. The van der Waals surface area contributed by atoms with Gasteiger partial charge in [-0.25, -0.2) is 14.9 Å². The minimum atomic E-state index is -0.245. The van der Waals surface area contributed by atoms with Crippen LogP contribution in [0.4, 0.5) is 0 Å². The molecule has 3 heterocycles. The van der Waals surface area contributed by atoms with E-state index in [9.17, 15) is 9.59 Å². The van der Waals surface area contributed by atoms with Crippen molar-refractivity contribution < 1.29 is 4.74 Å². The van der Waals surface area contributed by atoms with Crippen LogP contribution in [0.5, 0.6) is 0 Å². The smallest absolute Gasteiger partial charge is 0.343 e. The molecule has 0 spiro atoms. The lowest BCUT2D eigenvalue weighted by Crippen LogP contribution is -2.18. The Bertz CT molecular complexity index is 910. The van der Waals surface area contributed by atoms with Gasteiger partial charge in [0.2, 0.25) is 0 Å². The number of aromatic nitrogens is 5. The van der Waals surface area contributed by atoms with E-state index >= 15 is 0 Å². The fourth-order valence-corrected chi connectivity index (χ4v) is 3.68. The molecule has 0 atom stereocenters. The van der Waals surface area contributed by atoms with E-state index in [1.165, 1.54) is 33.6 Å². The highest BCUT2D eigenvalue weighted by molar-refractivity contribution is 7.98. The summed E-state index contributed by atoms with van der Waals surface area (Å²) in [6.45, 7) is 1.11. The summed E-state index contributed by atoms with van der Waals surface area (Å²) in [7, 11) is 1.62. The molecule has 0 saturated carbocycles. The fraction of sp³-hybridized carbons (Fsp3) is 0.385. The molecule has 122 valence electrons. The zero-order valence-corrected chi connectivity index (χ0v) is 14.0. The van der Waals surface area contributed by atoms with Gasteiger partial charge in [0.1, 0.15) is 0 Å². The quantitative estimate of drug-likeness (QED) is 0.502. The Morgan fingerprint density at radius 2 is 2.30 bits per heavy atom. The van der Waals surface area contributed by atoms with Crippen molar-refractivity contribution in [3.05, 3.63) is 44.2 Å². The summed E-state index contributed by atoms with van der Waals surface area (Å²) in [5.41, 5.74) is 0.318. The van der Waals surface area contributed by atoms with Crippen LogP contribution in [-0.2, 0) is 17.0 Å². The molecule has 0 fully saturated rings. The van der Waals surface area contributed by atoms with Gasteiger partial charge < -0.3 is 4.74 Å². The summed E-state index contributed by atoms with van der Waals surface area (Å²) < 4.78 is 8.07. The van der Waals surface area contributed by atoms with Gasteiger partial charge in [-0.15, -0.1) is 16.4 Å². The largest absolute Gasteiger partial charge is 0.385 e. The van der Waals surface area contributed by atoms with Crippen LogP contribution < -0.4 is 11.2 Å². The summed E-state index contributed by atoms with van der Waals surface area (Å²) >= 11 is 2.78. The molecule has 8 nitrogen and oxygen atoms in total. The van der Waals surface area contributed by atoms with Crippen LogP contribution in [0.25, 0.3) is 4.96 Å². The highest BCUT2D eigenvalue weighted by Gasteiger charge is 2.10. The number of fused-ring (bicyclic) bond motifs is 1. The lowest BCUT2D eigenvalue weighted by molar-refractivity contribution is 0.189. The van der Waals surface area contributed by atoms with Crippen molar-refractivity contribution in [2.24, 2.45) is 0 Å². The number of aromatic amines is 1. The summed E-state index contributed by atoms with van der Waals surface area (Å²) in [6.07, 6.45) is 2.43. The van der Waals surface area contributed by atoms with Crippen molar-refractivity contribution in [3.63, 3.8) is 0 Å². The predicted molar refractivity (Wildman–Crippen MR) is 88.2 cm³/mol. The van der Waals surface area contributed by atoms with E-state index in [1.807, 2.05) is 5.38 Å². The third-order valence-corrected chi connectivity index (χ3v) is 4.93. The van der Waals surface area contributed by atoms with Crippen LogP contribution in [0.3, 0.4) is 0 Å². The number of thioether (sulfide) groups is 1. The van der Waals surface area contributed by atoms with Gasteiger partial charge in [-0.2, -0.15) is 0 Å². The zero-order chi connectivity index (χ0) is 16.2. The Balaban J connectivity index is 1.74. The van der Waals surface area contributed by atoms with Crippen molar-refractivity contribution in [2.45, 2.75) is 23.9 Å². The van der Waals surface area contributed by atoms with Crippen LogP contribution in [0.2, 0.25) is 0 Å². The number of ether oxygens (including phenoxy) is 1. The van der Waals surface area contributed by atoms with E-state index in [0.29, 0.717) is 34.7 Å². The van der Waals surface area contributed by atoms with E-state index < -0.39 is 0 Å². The van der Waals surface area contributed by atoms with Gasteiger partial charge in [-0.1, -0.05) is 11.8 Å². The van der Waals surface area contributed by atoms with Crippen molar-refractivity contribution in [3.8, 4) is 0 Å². The van der Waals surface area contributed by atoms with Gasteiger partial charge in [0.05, 0.1) is 5.69 Å². The van der Waals surface area contributed by atoms with Crippen molar-refractivity contribution in [2.75, 3.05) is 13.7 Å². The first-order valence-electron chi connectivity index (χ1n) is 6.92. The number of thiazole rings is 1. The third-order valence-electron chi connectivity index (χ3n) is 3.16. The molecule has 0 aliphatic carbocycles. The monoisotopic (exact) mass is 353 g/mol. The molecule has 23 heavy (non-hydrogen) atoms. The highest BCUT2D eigenvalue weighted by Crippen LogP contribution is 2.19. The van der Waals surface area contributed by atoms with Crippen LogP contribution >= 0.6 is 23.1 Å². The summed E-state index contributed by atoms with van der Waals surface area (Å²) in [5.74, 6) is 0.470. The Morgan fingerprint density at radius 3 is 3.13 bits per heavy atom. The molecule has 3 aromatic heterocycles. The lowest BCUT2D eigenvalue weighted by atomic mass is 10.4. The summed E-state index contributed by atoms with van der Waals surface area (Å²) in [6, 6.07) is 1.51. The minimum Gasteiger partial charge on any atom is -0.385 e. The first-order chi connectivity index (χ1) is 11.2. The predicted octanol–water partition coefficient (Wildman–Crippen LogP) is 0.970. The van der Waals surface area contributed by atoms with Gasteiger partial charge in [0, 0.05) is 43.7 Å². The Hall–Kier alpha value is -1.91. The number of methoxy groups -OCH3 is 1. The number of hydrogen-bond acceptors (Lipinski definition) is 7. The maximum Gasteiger partial charge on any atom is 0.343 e. The topological polar surface area (TPSA) is 94.3 Å². The first kappa shape index (κ1) is 16.0. The molecule has 1 N–H and O–H groups in total. The highest BCUT2D eigenvalue weighted by atomic mass is 32.2. The molecule has 0 bridgehead atoms. The minimum absolute atomic E-state index is 0.105. The van der Waals surface area contributed by atoms with Gasteiger partial charge in [-0.3, -0.25) is 13.8 Å². The normalized spacial score (nSPS) is 11.3. The maximum absolute atomic E-state index is 11.9. The Labute approximate surface area is 139 Å². The van der Waals surface area contributed by atoms with Crippen LogP contribution in [0.1, 0.15) is 12.1 Å². The molecular weight excluding hydrogens is 338 g/mol. The SMILES string of the molecule is COCCCn1c(SCc2cc(=O)n3ccsc3n2)n[nH]c1=O. The molecule has 0 amide bonds. The average molecular weight is 353 g/mol. The molecule has 0 aromatic carbocycles. The molecule has 0 aliphatic rings. The fourth-order valence-electron chi connectivity index (χ4n) is 2.08. The number of H-pyrrole nitrogens is 1. The number of hydrogen-bond donors (Lipinski definition) is 1. The third kappa shape index (κ3) is 3.54. The Morgan fingerprint density at radius 1 is 1.43 bits per heavy atom. The van der Waals surface area contributed by atoms with Crippen molar-refractivity contribution in [1.82, 2.24) is 24.1 Å². The zero-order valence-electron chi connectivity index (χ0n) is 12.4. The van der Waals surface area contributed by atoms with Crippen LogP contribution in [0, 0.1) is 0 Å². The molecule has 0 aliphatic heterocycles.